The molecule has 25 heavy (non-hydrogen) atoms. The quantitative estimate of drug-likeness (QED) is 0.512. The van der Waals surface area contributed by atoms with Crippen LogP contribution in [0.1, 0.15) is 72.1 Å². The number of esters is 1. The van der Waals surface area contributed by atoms with Crippen molar-refractivity contribution < 1.29 is 14.3 Å². The van der Waals surface area contributed by atoms with Crippen molar-refractivity contribution in [3.63, 3.8) is 0 Å². The molecule has 7 atom stereocenters. The van der Waals surface area contributed by atoms with Gasteiger partial charge in [-0.1, -0.05) is 26.0 Å². The van der Waals surface area contributed by atoms with Crippen LogP contribution < -0.4 is 0 Å². The third kappa shape index (κ3) is 2.44. The summed E-state index contributed by atoms with van der Waals surface area (Å²) in [6, 6.07) is 0. The Morgan fingerprint density at radius 2 is 1.92 bits per heavy atom. The van der Waals surface area contributed by atoms with E-state index in [-0.39, 0.29) is 17.5 Å². The number of ketones is 1. The summed E-state index contributed by atoms with van der Waals surface area (Å²) >= 11 is 0. The van der Waals surface area contributed by atoms with Gasteiger partial charge in [-0.2, -0.15) is 0 Å². The first-order valence-corrected chi connectivity index (χ1v) is 10.1. The zero-order valence-electron chi connectivity index (χ0n) is 16.0. The van der Waals surface area contributed by atoms with Crippen LogP contribution in [0, 0.1) is 34.5 Å². The Kier molecular flexibility index (Phi) is 3.94. The highest BCUT2D eigenvalue weighted by molar-refractivity contribution is 5.87. The van der Waals surface area contributed by atoms with Crippen LogP contribution in [0.5, 0.6) is 0 Å². The maximum absolute atomic E-state index is 12.5. The molecule has 0 unspecified atom stereocenters. The van der Waals surface area contributed by atoms with Crippen molar-refractivity contribution in [1.29, 1.82) is 0 Å². The van der Waals surface area contributed by atoms with Crippen molar-refractivity contribution in [2.45, 2.75) is 78.2 Å². The molecule has 0 aromatic heterocycles. The van der Waals surface area contributed by atoms with Crippen LogP contribution in [0.15, 0.2) is 12.2 Å². The monoisotopic (exact) mass is 344 g/mol. The number of rotatable bonds is 1. The van der Waals surface area contributed by atoms with E-state index < -0.39 is 0 Å². The molecule has 4 fully saturated rings. The number of carbonyl (C=O) groups is 2. The highest BCUT2D eigenvalue weighted by Gasteiger charge is 2.61. The van der Waals surface area contributed by atoms with Crippen LogP contribution in [0.2, 0.25) is 0 Å². The predicted molar refractivity (Wildman–Crippen MR) is 96.8 cm³/mol. The lowest BCUT2D eigenvalue weighted by atomic mass is 9.44. The maximum atomic E-state index is 12.5. The first-order chi connectivity index (χ1) is 11.8. The van der Waals surface area contributed by atoms with Gasteiger partial charge in [-0.3, -0.25) is 9.59 Å². The fourth-order valence-electron chi connectivity index (χ4n) is 7.20. The topological polar surface area (TPSA) is 43.4 Å². The van der Waals surface area contributed by atoms with Crippen LogP contribution in [0.4, 0.5) is 0 Å². The fourth-order valence-corrected chi connectivity index (χ4v) is 7.20. The van der Waals surface area contributed by atoms with Gasteiger partial charge < -0.3 is 4.74 Å². The van der Waals surface area contributed by atoms with Gasteiger partial charge in [0.1, 0.15) is 11.9 Å². The molecule has 0 aliphatic heterocycles. The molecule has 138 valence electrons. The van der Waals surface area contributed by atoms with Crippen LogP contribution >= 0.6 is 0 Å². The van der Waals surface area contributed by atoms with Crippen LogP contribution in [-0.4, -0.2) is 17.9 Å². The van der Waals surface area contributed by atoms with E-state index in [0.717, 1.165) is 51.4 Å². The summed E-state index contributed by atoms with van der Waals surface area (Å²) in [7, 11) is 0. The minimum Gasteiger partial charge on any atom is -0.463 e. The summed E-state index contributed by atoms with van der Waals surface area (Å²) in [6.45, 7) is 10.7. The van der Waals surface area contributed by atoms with Crippen molar-refractivity contribution in [3.05, 3.63) is 12.2 Å². The molecule has 0 aromatic rings. The molecule has 4 aliphatic carbocycles. The van der Waals surface area contributed by atoms with E-state index in [2.05, 4.69) is 20.4 Å². The second kappa shape index (κ2) is 5.69. The van der Waals surface area contributed by atoms with Gasteiger partial charge in [-0.15, -0.1) is 0 Å². The molecule has 0 heterocycles. The second-order valence-electron chi connectivity index (χ2n) is 9.73. The number of Topliss-reactive ketones (excluding diaryl/α,β-unsaturated/α-hetero) is 1. The number of fused-ring (bicyclic) bond motifs is 5. The summed E-state index contributed by atoms with van der Waals surface area (Å²) in [5.74, 6) is 2.60. The molecule has 0 bridgehead atoms. The highest BCUT2D eigenvalue weighted by atomic mass is 16.5. The first-order valence-electron chi connectivity index (χ1n) is 10.1. The van der Waals surface area contributed by atoms with Gasteiger partial charge in [0, 0.05) is 18.8 Å². The van der Waals surface area contributed by atoms with Crippen molar-refractivity contribution in [3.8, 4) is 0 Å². The molecule has 0 aromatic carbocycles. The molecule has 0 saturated heterocycles. The average molecular weight is 344 g/mol. The van der Waals surface area contributed by atoms with Gasteiger partial charge in [0.2, 0.25) is 0 Å². The van der Waals surface area contributed by atoms with Crippen LogP contribution in [0.25, 0.3) is 0 Å². The maximum Gasteiger partial charge on any atom is 0.302 e. The minimum absolute atomic E-state index is 0.0850. The zero-order valence-corrected chi connectivity index (χ0v) is 16.0. The standard InChI is InChI=1S/C22H32O3/c1-13-11-15-12-16(25-14(2)23)7-9-21(15,3)18-8-10-22(4)17(20(13)18)5-6-19(22)24/h15-18,20H,1,5-12H2,2-4H3/t15-,16-,17-,18-,20-,21-,22-/m0/s1. The molecule has 0 amide bonds. The first kappa shape index (κ1) is 17.3. The van der Waals surface area contributed by atoms with Gasteiger partial charge in [-0.25, -0.2) is 0 Å². The van der Waals surface area contributed by atoms with Crippen molar-refractivity contribution in [2.75, 3.05) is 0 Å². The molecule has 0 N–H and O–H groups in total. The van der Waals surface area contributed by atoms with E-state index in [1.165, 1.54) is 12.5 Å². The van der Waals surface area contributed by atoms with Crippen LogP contribution in [0.3, 0.4) is 0 Å². The number of carbonyl (C=O) groups excluding carboxylic acids is 2. The molecule has 4 aliphatic rings. The third-order valence-corrected chi connectivity index (χ3v) is 8.62. The molecular weight excluding hydrogens is 312 g/mol. The molecule has 0 radical (unpaired) electrons. The third-order valence-electron chi connectivity index (χ3n) is 8.62. The lowest BCUT2D eigenvalue weighted by molar-refractivity contribution is -0.156. The molecule has 4 rings (SSSR count). The highest BCUT2D eigenvalue weighted by Crippen LogP contribution is 2.66. The largest absolute Gasteiger partial charge is 0.463 e. The van der Waals surface area contributed by atoms with E-state index in [0.29, 0.717) is 34.9 Å². The summed E-state index contributed by atoms with van der Waals surface area (Å²) in [5, 5.41) is 0. The Bertz CT molecular complexity index is 623. The lowest BCUT2D eigenvalue weighted by Gasteiger charge is -2.60. The molecule has 4 saturated carbocycles. The Morgan fingerprint density at radius 1 is 1.16 bits per heavy atom. The SMILES string of the molecule is C=C1C[C@H]2C[C@@H](OC(C)=O)CC[C@]2(C)[C@H]2CC[C@]3(C)C(=O)CC[C@H]3[C@H]12. The van der Waals surface area contributed by atoms with E-state index in [9.17, 15) is 9.59 Å². The van der Waals surface area contributed by atoms with Gasteiger partial charge in [0.05, 0.1) is 0 Å². The summed E-state index contributed by atoms with van der Waals surface area (Å²) in [5.41, 5.74) is 1.60. The minimum atomic E-state index is -0.154. The van der Waals surface area contributed by atoms with E-state index in [1.807, 2.05) is 0 Å². The summed E-state index contributed by atoms with van der Waals surface area (Å²) < 4.78 is 5.54. The Morgan fingerprint density at radius 3 is 2.64 bits per heavy atom. The Labute approximate surface area is 151 Å². The number of allylic oxidation sites excluding steroid dienone is 1. The van der Waals surface area contributed by atoms with Crippen molar-refractivity contribution in [1.82, 2.24) is 0 Å². The Hall–Kier alpha value is -1.12. The molecule has 3 heteroatoms. The predicted octanol–water partition coefficient (Wildman–Crippen LogP) is 4.70. The number of hydrogen-bond acceptors (Lipinski definition) is 3. The number of hydrogen-bond donors (Lipinski definition) is 0. The number of ether oxygens (including phenoxy) is 1. The van der Waals surface area contributed by atoms with Crippen molar-refractivity contribution in [2.24, 2.45) is 34.5 Å². The lowest BCUT2D eigenvalue weighted by Crippen LogP contribution is -2.54. The second-order valence-corrected chi connectivity index (χ2v) is 9.73. The molecule has 0 spiro atoms. The Balaban J connectivity index is 1.60. The smallest absolute Gasteiger partial charge is 0.302 e. The van der Waals surface area contributed by atoms with Gasteiger partial charge in [0.25, 0.3) is 0 Å². The van der Waals surface area contributed by atoms with Gasteiger partial charge in [0.15, 0.2) is 0 Å². The van der Waals surface area contributed by atoms with E-state index in [4.69, 9.17) is 4.74 Å². The molecular formula is C22H32O3. The fraction of sp³-hybridized carbons (Fsp3) is 0.818. The average Bonchev–Trinajstić information content (AvgIpc) is 2.84. The van der Waals surface area contributed by atoms with Crippen molar-refractivity contribution >= 4 is 11.8 Å². The zero-order chi connectivity index (χ0) is 18.0. The molecule has 3 nitrogen and oxygen atoms in total. The summed E-state index contributed by atoms with van der Waals surface area (Å²) in [4.78, 5) is 23.9. The van der Waals surface area contributed by atoms with Gasteiger partial charge in [-0.05, 0) is 74.0 Å². The van der Waals surface area contributed by atoms with E-state index >= 15 is 0 Å². The van der Waals surface area contributed by atoms with E-state index in [1.54, 1.807) is 0 Å². The summed E-state index contributed by atoms with van der Waals surface area (Å²) in [6.07, 6.45) is 8.30. The normalized spacial score (nSPS) is 49.2. The van der Waals surface area contributed by atoms with Crippen LogP contribution in [-0.2, 0) is 14.3 Å². The van der Waals surface area contributed by atoms with Gasteiger partial charge >= 0.3 is 5.97 Å².